The summed E-state index contributed by atoms with van der Waals surface area (Å²) in [6.07, 6.45) is 5.89. The highest BCUT2D eigenvalue weighted by Crippen LogP contribution is 2.18. The molecule has 2 amide bonds. The first kappa shape index (κ1) is 27.2. The number of amides is 2. The second-order valence-electron chi connectivity index (χ2n) is 8.24. The van der Waals surface area contributed by atoms with E-state index in [0.29, 0.717) is 34.1 Å². The largest absolute Gasteiger partial charge is 0.494 e. The predicted octanol–water partition coefficient (Wildman–Crippen LogP) is 7.07. The summed E-state index contributed by atoms with van der Waals surface area (Å²) in [5, 5.41) is 9.06. The highest BCUT2D eigenvalue weighted by atomic mass is 35.5. The SMILES string of the molecule is CCCCCCCOc1ccc(C(=O)NC(=S)Nc2cccc(C(=O)Nc3cccc(Cl)c3)c2)cc1. The Morgan fingerprint density at radius 1 is 0.806 bits per heavy atom. The second kappa shape index (κ2) is 14.2. The number of benzene rings is 3. The number of thiocarbonyl (C=S) groups is 1. The molecule has 0 aliphatic carbocycles. The van der Waals surface area contributed by atoms with E-state index in [1.165, 1.54) is 19.3 Å². The summed E-state index contributed by atoms with van der Waals surface area (Å²) in [6.45, 7) is 2.86. The standard InChI is InChI=1S/C28H30ClN3O3S/c1-2-3-4-5-6-17-35-25-15-13-20(14-16-25)26(33)32-28(36)31-23-11-7-9-21(18-23)27(34)30-24-12-8-10-22(29)19-24/h7-16,18-19H,2-6,17H2,1H3,(H,30,34)(H2,31,32,33,36). The average molecular weight is 524 g/mol. The van der Waals surface area contributed by atoms with E-state index in [-0.39, 0.29) is 16.9 Å². The van der Waals surface area contributed by atoms with Crippen LogP contribution in [0.5, 0.6) is 5.75 Å². The molecular weight excluding hydrogens is 494 g/mol. The third kappa shape index (κ3) is 8.98. The molecular formula is C28H30ClN3O3S. The number of nitrogens with one attached hydrogen (secondary N) is 3. The topological polar surface area (TPSA) is 79.5 Å². The van der Waals surface area contributed by atoms with Crippen LogP contribution in [0.1, 0.15) is 59.7 Å². The number of anilines is 2. The van der Waals surface area contributed by atoms with Gasteiger partial charge < -0.3 is 15.4 Å². The molecule has 3 N–H and O–H groups in total. The van der Waals surface area contributed by atoms with Gasteiger partial charge in [-0.05, 0) is 79.3 Å². The molecule has 0 spiro atoms. The number of ether oxygens (including phenoxy) is 1. The average Bonchev–Trinajstić information content (AvgIpc) is 2.86. The summed E-state index contributed by atoms with van der Waals surface area (Å²) in [6, 6.07) is 20.7. The highest BCUT2D eigenvalue weighted by molar-refractivity contribution is 7.80. The molecule has 0 fully saturated rings. The summed E-state index contributed by atoms with van der Waals surface area (Å²) < 4.78 is 5.75. The van der Waals surface area contributed by atoms with E-state index < -0.39 is 0 Å². The van der Waals surface area contributed by atoms with Gasteiger partial charge in [0.25, 0.3) is 11.8 Å². The summed E-state index contributed by atoms with van der Waals surface area (Å²) in [7, 11) is 0. The van der Waals surface area contributed by atoms with Gasteiger partial charge in [-0.15, -0.1) is 0 Å². The van der Waals surface area contributed by atoms with Crippen molar-refractivity contribution in [2.45, 2.75) is 39.0 Å². The fourth-order valence-corrected chi connectivity index (χ4v) is 3.84. The molecule has 0 aliphatic heterocycles. The number of rotatable bonds is 11. The zero-order valence-corrected chi connectivity index (χ0v) is 21.8. The van der Waals surface area contributed by atoms with E-state index >= 15 is 0 Å². The maximum atomic E-state index is 12.6. The van der Waals surface area contributed by atoms with Crippen molar-refractivity contribution in [3.63, 3.8) is 0 Å². The number of carbonyl (C=O) groups is 2. The van der Waals surface area contributed by atoms with Gasteiger partial charge in [-0.3, -0.25) is 14.9 Å². The Hall–Kier alpha value is -3.42. The summed E-state index contributed by atoms with van der Waals surface area (Å²) >= 11 is 11.3. The van der Waals surface area contributed by atoms with E-state index in [9.17, 15) is 9.59 Å². The van der Waals surface area contributed by atoms with Crippen LogP contribution < -0.4 is 20.7 Å². The molecule has 0 unspecified atom stereocenters. The normalized spacial score (nSPS) is 10.4. The minimum absolute atomic E-state index is 0.125. The van der Waals surface area contributed by atoms with Crippen LogP contribution in [0.2, 0.25) is 5.02 Å². The molecule has 188 valence electrons. The number of hydrogen-bond donors (Lipinski definition) is 3. The Balaban J connectivity index is 1.48. The summed E-state index contributed by atoms with van der Waals surface area (Å²) in [5.74, 6) is 0.100. The molecule has 0 atom stereocenters. The van der Waals surface area contributed by atoms with Crippen LogP contribution >= 0.6 is 23.8 Å². The molecule has 0 aromatic heterocycles. The van der Waals surface area contributed by atoms with Crippen molar-refractivity contribution in [2.24, 2.45) is 0 Å². The fourth-order valence-electron chi connectivity index (χ4n) is 3.44. The number of halogens is 1. The van der Waals surface area contributed by atoms with Gasteiger partial charge in [0.15, 0.2) is 5.11 Å². The molecule has 3 rings (SSSR count). The Bertz CT molecular complexity index is 1180. The Kier molecular flexibility index (Phi) is 10.7. The van der Waals surface area contributed by atoms with E-state index in [1.807, 2.05) is 0 Å². The molecule has 3 aromatic carbocycles. The van der Waals surface area contributed by atoms with Crippen LogP contribution in [0.3, 0.4) is 0 Å². The summed E-state index contributed by atoms with van der Waals surface area (Å²) in [5.41, 5.74) is 2.05. The van der Waals surface area contributed by atoms with Gasteiger partial charge in [-0.1, -0.05) is 56.3 Å². The Labute approximate surface area is 222 Å². The van der Waals surface area contributed by atoms with Crippen molar-refractivity contribution >= 4 is 52.1 Å². The van der Waals surface area contributed by atoms with Crippen LogP contribution in [0.25, 0.3) is 0 Å². The first-order valence-corrected chi connectivity index (χ1v) is 12.8. The van der Waals surface area contributed by atoms with Crippen LogP contribution in [-0.2, 0) is 0 Å². The van der Waals surface area contributed by atoms with Crippen molar-refractivity contribution in [2.75, 3.05) is 17.2 Å². The Morgan fingerprint density at radius 3 is 2.22 bits per heavy atom. The molecule has 8 heteroatoms. The molecule has 0 bridgehead atoms. The van der Waals surface area contributed by atoms with Crippen LogP contribution in [-0.4, -0.2) is 23.5 Å². The lowest BCUT2D eigenvalue weighted by molar-refractivity contribution is 0.0976. The van der Waals surface area contributed by atoms with Gasteiger partial charge in [0.1, 0.15) is 5.75 Å². The first-order chi connectivity index (χ1) is 17.4. The molecule has 0 radical (unpaired) electrons. The lowest BCUT2D eigenvalue weighted by Gasteiger charge is -2.12. The van der Waals surface area contributed by atoms with Gasteiger partial charge >= 0.3 is 0 Å². The van der Waals surface area contributed by atoms with Crippen LogP contribution in [0.4, 0.5) is 11.4 Å². The zero-order valence-electron chi connectivity index (χ0n) is 20.2. The highest BCUT2D eigenvalue weighted by Gasteiger charge is 2.11. The molecule has 36 heavy (non-hydrogen) atoms. The molecule has 6 nitrogen and oxygen atoms in total. The molecule has 0 saturated carbocycles. The monoisotopic (exact) mass is 523 g/mol. The van der Waals surface area contributed by atoms with Gasteiger partial charge in [0.2, 0.25) is 0 Å². The Morgan fingerprint density at radius 2 is 1.50 bits per heavy atom. The number of hydrogen-bond acceptors (Lipinski definition) is 4. The van der Waals surface area contributed by atoms with Crippen molar-refractivity contribution in [3.05, 3.63) is 88.9 Å². The van der Waals surface area contributed by atoms with Gasteiger partial charge in [0.05, 0.1) is 6.61 Å². The molecule has 3 aromatic rings. The van der Waals surface area contributed by atoms with E-state index in [4.69, 9.17) is 28.6 Å². The van der Waals surface area contributed by atoms with Crippen LogP contribution in [0, 0.1) is 0 Å². The third-order valence-corrected chi connectivity index (χ3v) is 5.76. The zero-order chi connectivity index (χ0) is 25.8. The molecule has 0 saturated heterocycles. The van der Waals surface area contributed by atoms with E-state index in [1.54, 1.807) is 72.8 Å². The maximum absolute atomic E-state index is 12.6. The van der Waals surface area contributed by atoms with E-state index in [0.717, 1.165) is 18.6 Å². The quantitative estimate of drug-likeness (QED) is 0.185. The second-order valence-corrected chi connectivity index (χ2v) is 9.09. The smallest absolute Gasteiger partial charge is 0.257 e. The third-order valence-electron chi connectivity index (χ3n) is 5.33. The van der Waals surface area contributed by atoms with Gasteiger partial charge in [0, 0.05) is 27.5 Å². The lowest BCUT2D eigenvalue weighted by Crippen LogP contribution is -2.34. The minimum atomic E-state index is -0.339. The molecule has 0 heterocycles. The summed E-state index contributed by atoms with van der Waals surface area (Å²) in [4.78, 5) is 25.2. The van der Waals surface area contributed by atoms with E-state index in [2.05, 4.69) is 22.9 Å². The van der Waals surface area contributed by atoms with Crippen LogP contribution in [0.15, 0.2) is 72.8 Å². The van der Waals surface area contributed by atoms with Crippen molar-refractivity contribution in [1.82, 2.24) is 5.32 Å². The number of carbonyl (C=O) groups excluding carboxylic acids is 2. The lowest BCUT2D eigenvalue weighted by atomic mass is 10.1. The van der Waals surface area contributed by atoms with Gasteiger partial charge in [-0.25, -0.2) is 0 Å². The van der Waals surface area contributed by atoms with Crippen molar-refractivity contribution in [3.8, 4) is 5.75 Å². The predicted molar refractivity (Wildman–Crippen MR) is 150 cm³/mol. The van der Waals surface area contributed by atoms with Crippen molar-refractivity contribution in [1.29, 1.82) is 0 Å². The minimum Gasteiger partial charge on any atom is -0.494 e. The fraction of sp³-hybridized carbons (Fsp3) is 0.250. The number of unbranched alkanes of at least 4 members (excludes halogenated alkanes) is 4. The maximum Gasteiger partial charge on any atom is 0.257 e. The van der Waals surface area contributed by atoms with Crippen molar-refractivity contribution < 1.29 is 14.3 Å². The first-order valence-electron chi connectivity index (χ1n) is 12.0. The molecule has 0 aliphatic rings. The van der Waals surface area contributed by atoms with Gasteiger partial charge in [-0.2, -0.15) is 0 Å².